The zero-order valence-corrected chi connectivity index (χ0v) is 16.0. The van der Waals surface area contributed by atoms with Crippen LogP contribution in [0, 0.1) is 0 Å². The number of benzene rings is 2. The van der Waals surface area contributed by atoms with Crippen molar-refractivity contribution in [2.24, 2.45) is 10.2 Å². The lowest BCUT2D eigenvalue weighted by molar-refractivity contribution is -0.122. The van der Waals surface area contributed by atoms with Crippen molar-refractivity contribution in [2.75, 3.05) is 5.32 Å². The van der Waals surface area contributed by atoms with Gasteiger partial charge in [-0.25, -0.2) is 0 Å². The van der Waals surface area contributed by atoms with Crippen molar-refractivity contribution in [3.8, 4) is 0 Å². The van der Waals surface area contributed by atoms with Gasteiger partial charge in [-0.3, -0.25) is 9.59 Å². The highest BCUT2D eigenvalue weighted by Gasteiger charge is 2.32. The number of thioether (sulfide) groups is 1. The van der Waals surface area contributed by atoms with Crippen molar-refractivity contribution in [3.63, 3.8) is 0 Å². The SMILES string of the molecule is O=C(CC1SC(=NN=Cc2ccccc2)NC1=O)Nc1cccc(Br)c1. The number of carbonyl (C=O) groups is 2. The first-order chi connectivity index (χ1) is 12.6. The van der Waals surface area contributed by atoms with Crippen LogP contribution < -0.4 is 10.6 Å². The minimum absolute atomic E-state index is 0.0600. The molecule has 0 aromatic heterocycles. The maximum absolute atomic E-state index is 12.1. The second-order valence-electron chi connectivity index (χ2n) is 5.42. The number of amidine groups is 1. The van der Waals surface area contributed by atoms with Crippen molar-refractivity contribution in [1.82, 2.24) is 5.32 Å². The molecule has 1 atom stereocenters. The molecule has 0 bridgehead atoms. The zero-order chi connectivity index (χ0) is 18.4. The number of hydrogen-bond acceptors (Lipinski definition) is 5. The number of anilines is 1. The first-order valence-corrected chi connectivity index (χ1v) is 9.46. The number of amides is 2. The third-order valence-electron chi connectivity index (χ3n) is 3.41. The fourth-order valence-corrected chi connectivity index (χ4v) is 3.54. The monoisotopic (exact) mass is 430 g/mol. The molecule has 0 radical (unpaired) electrons. The first-order valence-electron chi connectivity index (χ1n) is 7.79. The highest BCUT2D eigenvalue weighted by atomic mass is 79.9. The van der Waals surface area contributed by atoms with Crippen LogP contribution in [-0.2, 0) is 9.59 Å². The third kappa shape index (κ3) is 5.27. The molecule has 1 aliphatic rings. The lowest BCUT2D eigenvalue weighted by Gasteiger charge is -2.07. The Kier molecular flexibility index (Phi) is 6.19. The summed E-state index contributed by atoms with van der Waals surface area (Å²) in [4.78, 5) is 24.1. The molecule has 2 aromatic rings. The number of nitrogens with one attached hydrogen (secondary N) is 2. The molecule has 8 heteroatoms. The molecular weight excluding hydrogens is 416 g/mol. The van der Waals surface area contributed by atoms with Crippen LogP contribution in [0.15, 0.2) is 69.3 Å². The molecule has 2 amide bonds. The number of nitrogens with zero attached hydrogens (tertiary/aromatic N) is 2. The quantitative estimate of drug-likeness (QED) is 0.563. The number of carbonyl (C=O) groups excluding carboxylic acids is 2. The molecular formula is C18H15BrN4O2S. The summed E-state index contributed by atoms with van der Waals surface area (Å²) in [7, 11) is 0. The molecule has 1 unspecified atom stereocenters. The van der Waals surface area contributed by atoms with Crippen LogP contribution in [-0.4, -0.2) is 28.4 Å². The standard InChI is InChI=1S/C18H15BrN4O2S/c19-13-7-4-8-14(9-13)21-16(24)10-15-17(25)22-18(26-15)23-20-11-12-5-2-1-3-6-12/h1-9,11,15H,10H2,(H,21,24)(H,22,23,25). The van der Waals surface area contributed by atoms with Gasteiger partial charge < -0.3 is 10.6 Å². The molecule has 2 aromatic carbocycles. The van der Waals surface area contributed by atoms with Crippen molar-refractivity contribution in [2.45, 2.75) is 11.7 Å². The number of rotatable bonds is 5. The van der Waals surface area contributed by atoms with Crippen LogP contribution in [0.4, 0.5) is 5.69 Å². The van der Waals surface area contributed by atoms with Crippen LogP contribution in [0.5, 0.6) is 0 Å². The molecule has 0 spiro atoms. The Labute approximate surface area is 163 Å². The van der Waals surface area contributed by atoms with Gasteiger partial charge in [0, 0.05) is 16.6 Å². The van der Waals surface area contributed by atoms with E-state index in [1.54, 1.807) is 18.3 Å². The van der Waals surface area contributed by atoms with E-state index >= 15 is 0 Å². The molecule has 132 valence electrons. The van der Waals surface area contributed by atoms with E-state index in [0.717, 1.165) is 10.0 Å². The van der Waals surface area contributed by atoms with Gasteiger partial charge in [-0.05, 0) is 23.8 Å². The zero-order valence-electron chi connectivity index (χ0n) is 13.6. The van der Waals surface area contributed by atoms with Crippen LogP contribution in [0.2, 0.25) is 0 Å². The van der Waals surface area contributed by atoms with Gasteiger partial charge in [0.1, 0.15) is 5.25 Å². The highest BCUT2D eigenvalue weighted by molar-refractivity contribution is 9.10. The Morgan fingerprint density at radius 1 is 1.23 bits per heavy atom. The van der Waals surface area contributed by atoms with E-state index in [1.165, 1.54) is 11.8 Å². The van der Waals surface area contributed by atoms with E-state index in [0.29, 0.717) is 10.9 Å². The topological polar surface area (TPSA) is 82.9 Å². The average molecular weight is 431 g/mol. The van der Waals surface area contributed by atoms with Gasteiger partial charge in [-0.1, -0.05) is 64.1 Å². The molecule has 26 heavy (non-hydrogen) atoms. The molecule has 0 saturated carbocycles. The van der Waals surface area contributed by atoms with Gasteiger partial charge in [0.25, 0.3) is 0 Å². The normalized spacial score (nSPS) is 18.3. The Morgan fingerprint density at radius 2 is 2.04 bits per heavy atom. The predicted octanol–water partition coefficient (Wildman–Crippen LogP) is 3.40. The summed E-state index contributed by atoms with van der Waals surface area (Å²) >= 11 is 4.55. The van der Waals surface area contributed by atoms with Crippen LogP contribution in [0.25, 0.3) is 0 Å². The number of hydrogen-bond donors (Lipinski definition) is 2. The average Bonchev–Trinajstić information content (AvgIpc) is 2.95. The fraction of sp³-hybridized carbons (Fsp3) is 0.111. The summed E-state index contributed by atoms with van der Waals surface area (Å²) in [6.07, 6.45) is 1.66. The van der Waals surface area contributed by atoms with Crippen molar-refractivity contribution < 1.29 is 9.59 Å². The third-order valence-corrected chi connectivity index (χ3v) is 4.98. The smallest absolute Gasteiger partial charge is 0.240 e. The van der Waals surface area contributed by atoms with Crippen molar-refractivity contribution in [3.05, 3.63) is 64.6 Å². The lowest BCUT2D eigenvalue weighted by atomic mass is 10.2. The highest BCUT2D eigenvalue weighted by Crippen LogP contribution is 2.23. The molecule has 1 heterocycles. The Morgan fingerprint density at radius 3 is 2.81 bits per heavy atom. The van der Waals surface area contributed by atoms with Gasteiger partial charge in [0.15, 0.2) is 5.17 Å². The van der Waals surface area contributed by atoms with E-state index < -0.39 is 5.25 Å². The molecule has 1 fully saturated rings. The maximum Gasteiger partial charge on any atom is 0.240 e. The van der Waals surface area contributed by atoms with E-state index in [-0.39, 0.29) is 18.2 Å². The van der Waals surface area contributed by atoms with Gasteiger partial charge in [0.2, 0.25) is 11.8 Å². The van der Waals surface area contributed by atoms with Gasteiger partial charge in [-0.2, -0.15) is 5.10 Å². The van der Waals surface area contributed by atoms with Gasteiger partial charge in [0.05, 0.1) is 6.21 Å². The second kappa shape index (κ2) is 8.77. The molecule has 6 nitrogen and oxygen atoms in total. The van der Waals surface area contributed by atoms with Crippen molar-refractivity contribution in [1.29, 1.82) is 0 Å². The van der Waals surface area contributed by atoms with Gasteiger partial charge >= 0.3 is 0 Å². The largest absolute Gasteiger partial charge is 0.326 e. The summed E-state index contributed by atoms with van der Waals surface area (Å²) < 4.78 is 0.869. The predicted molar refractivity (Wildman–Crippen MR) is 108 cm³/mol. The first kappa shape index (κ1) is 18.3. The van der Waals surface area contributed by atoms with Crippen LogP contribution in [0.3, 0.4) is 0 Å². The Balaban J connectivity index is 1.55. The Hall–Kier alpha value is -2.45. The summed E-state index contributed by atoms with van der Waals surface area (Å²) in [6.45, 7) is 0. The fourth-order valence-electron chi connectivity index (χ4n) is 2.22. The number of halogens is 1. The maximum atomic E-state index is 12.1. The van der Waals surface area contributed by atoms with Gasteiger partial charge in [-0.15, -0.1) is 5.10 Å². The Bertz CT molecular complexity index is 871. The van der Waals surface area contributed by atoms with E-state index in [9.17, 15) is 9.59 Å². The van der Waals surface area contributed by atoms with Crippen molar-refractivity contribution >= 4 is 56.6 Å². The van der Waals surface area contributed by atoms with Crippen LogP contribution >= 0.6 is 27.7 Å². The second-order valence-corrected chi connectivity index (χ2v) is 7.53. The summed E-state index contributed by atoms with van der Waals surface area (Å²) in [5.41, 5.74) is 1.59. The summed E-state index contributed by atoms with van der Waals surface area (Å²) in [6, 6.07) is 16.8. The van der Waals surface area contributed by atoms with E-state index in [2.05, 4.69) is 36.8 Å². The minimum atomic E-state index is -0.521. The summed E-state index contributed by atoms with van der Waals surface area (Å²) in [5, 5.41) is 13.3. The van der Waals surface area contributed by atoms with Crippen LogP contribution in [0.1, 0.15) is 12.0 Å². The van der Waals surface area contributed by atoms with E-state index in [1.807, 2.05) is 42.5 Å². The minimum Gasteiger partial charge on any atom is -0.326 e. The molecule has 3 rings (SSSR count). The van der Waals surface area contributed by atoms with E-state index in [4.69, 9.17) is 0 Å². The molecule has 2 N–H and O–H groups in total. The summed E-state index contributed by atoms with van der Waals surface area (Å²) in [5.74, 6) is -0.474. The molecule has 1 saturated heterocycles. The molecule has 0 aliphatic carbocycles. The molecule has 1 aliphatic heterocycles. The lowest BCUT2D eigenvalue weighted by Crippen LogP contribution is -2.28.